The van der Waals surface area contributed by atoms with Gasteiger partial charge in [-0.25, -0.2) is 8.78 Å². The predicted molar refractivity (Wildman–Crippen MR) is 49.1 cm³/mol. The summed E-state index contributed by atoms with van der Waals surface area (Å²) >= 11 is 5.26. The second kappa shape index (κ2) is 4.43. The molecule has 1 saturated carbocycles. The molecule has 0 spiro atoms. The van der Waals surface area contributed by atoms with Crippen LogP contribution < -0.4 is 0 Å². The fourth-order valence-corrected chi connectivity index (χ4v) is 2.07. The molecule has 0 aliphatic heterocycles. The summed E-state index contributed by atoms with van der Waals surface area (Å²) in [5, 5.41) is 8.78. The van der Waals surface area contributed by atoms with Crippen molar-refractivity contribution >= 4 is 23.4 Å². The van der Waals surface area contributed by atoms with Crippen LogP contribution in [0.5, 0.6) is 0 Å². The van der Waals surface area contributed by atoms with E-state index in [9.17, 15) is 18.4 Å². The number of aliphatic carboxylic acids is 1. The molecule has 6 heteroatoms. The van der Waals surface area contributed by atoms with E-state index in [1.807, 2.05) is 0 Å². The monoisotopic (exact) mass is 240 g/mol. The zero-order valence-corrected chi connectivity index (χ0v) is 8.64. The number of halogens is 3. The van der Waals surface area contributed by atoms with E-state index in [1.165, 1.54) is 0 Å². The Balaban J connectivity index is 2.83. The highest BCUT2D eigenvalue weighted by Crippen LogP contribution is 2.40. The van der Waals surface area contributed by atoms with E-state index in [1.54, 1.807) is 0 Å². The third-order valence-electron chi connectivity index (χ3n) is 2.69. The average Bonchev–Trinajstić information content (AvgIpc) is 2.14. The lowest BCUT2D eigenvalue weighted by molar-refractivity contribution is -0.154. The smallest absolute Gasteiger partial charge is 0.307 e. The summed E-state index contributed by atoms with van der Waals surface area (Å²) in [5.74, 6) is -7.33. The highest BCUT2D eigenvalue weighted by Gasteiger charge is 2.46. The molecule has 0 heterocycles. The Hall–Kier alpha value is -0.710. The number of carboxylic acids is 1. The van der Waals surface area contributed by atoms with Gasteiger partial charge >= 0.3 is 5.97 Å². The Morgan fingerprint density at radius 3 is 2.47 bits per heavy atom. The maximum Gasteiger partial charge on any atom is 0.307 e. The van der Waals surface area contributed by atoms with Gasteiger partial charge in [-0.05, 0) is 6.42 Å². The normalized spacial score (nSPS) is 29.8. The molecule has 1 aliphatic rings. The summed E-state index contributed by atoms with van der Waals surface area (Å²) in [6.45, 7) is 0. The molecule has 1 aliphatic carbocycles. The van der Waals surface area contributed by atoms with Gasteiger partial charge in [-0.3, -0.25) is 9.59 Å². The van der Waals surface area contributed by atoms with E-state index >= 15 is 0 Å². The van der Waals surface area contributed by atoms with Crippen molar-refractivity contribution in [3.05, 3.63) is 0 Å². The third kappa shape index (κ3) is 2.87. The topological polar surface area (TPSA) is 54.4 Å². The van der Waals surface area contributed by atoms with E-state index in [4.69, 9.17) is 16.7 Å². The van der Waals surface area contributed by atoms with Gasteiger partial charge in [0.05, 0.1) is 11.8 Å². The van der Waals surface area contributed by atoms with Gasteiger partial charge in [-0.15, -0.1) is 11.6 Å². The number of hydrogen-bond acceptors (Lipinski definition) is 2. The van der Waals surface area contributed by atoms with E-state index in [2.05, 4.69) is 0 Å². The van der Waals surface area contributed by atoms with Crippen molar-refractivity contribution in [1.29, 1.82) is 0 Å². The van der Waals surface area contributed by atoms with Crippen LogP contribution in [0.4, 0.5) is 8.78 Å². The van der Waals surface area contributed by atoms with Crippen molar-refractivity contribution in [1.82, 2.24) is 0 Å². The van der Waals surface area contributed by atoms with Gasteiger partial charge in [0.15, 0.2) is 5.78 Å². The zero-order valence-electron chi connectivity index (χ0n) is 7.88. The molecule has 1 rings (SSSR count). The van der Waals surface area contributed by atoms with Crippen LogP contribution in [0.3, 0.4) is 0 Å². The first-order valence-corrected chi connectivity index (χ1v) is 5.10. The van der Waals surface area contributed by atoms with Crippen molar-refractivity contribution in [3.63, 3.8) is 0 Å². The molecular weight excluding hydrogens is 230 g/mol. The number of carbonyl (C=O) groups excluding carboxylic acids is 1. The van der Waals surface area contributed by atoms with Gasteiger partial charge in [0, 0.05) is 18.8 Å². The number of alkyl halides is 3. The molecule has 2 atom stereocenters. The van der Waals surface area contributed by atoms with Crippen molar-refractivity contribution in [2.75, 3.05) is 5.88 Å². The predicted octanol–water partition coefficient (Wildman–Crippen LogP) is 1.93. The Kier molecular flexibility index (Phi) is 3.65. The van der Waals surface area contributed by atoms with Crippen LogP contribution >= 0.6 is 11.6 Å². The van der Waals surface area contributed by atoms with E-state index in [0.717, 1.165) is 0 Å². The van der Waals surface area contributed by atoms with Crippen LogP contribution in [-0.2, 0) is 9.59 Å². The van der Waals surface area contributed by atoms with Gasteiger partial charge in [-0.2, -0.15) is 0 Å². The summed E-state index contributed by atoms with van der Waals surface area (Å²) in [6, 6.07) is 0. The van der Waals surface area contributed by atoms with Crippen molar-refractivity contribution < 1.29 is 23.5 Å². The van der Waals surface area contributed by atoms with Gasteiger partial charge in [0.1, 0.15) is 0 Å². The van der Waals surface area contributed by atoms with E-state index in [-0.39, 0.29) is 6.42 Å². The molecule has 0 saturated heterocycles. The molecule has 0 aromatic carbocycles. The summed E-state index contributed by atoms with van der Waals surface area (Å²) in [4.78, 5) is 22.0. The number of ketones is 1. The minimum atomic E-state index is -2.95. The van der Waals surface area contributed by atoms with Crippen LogP contribution in [0.15, 0.2) is 0 Å². The molecule has 86 valence electrons. The molecule has 0 amide bonds. The Bertz CT molecular complexity index is 281. The van der Waals surface area contributed by atoms with Crippen molar-refractivity contribution in [2.45, 2.75) is 25.2 Å². The fourth-order valence-electron chi connectivity index (χ4n) is 1.87. The summed E-state index contributed by atoms with van der Waals surface area (Å²) in [6.07, 6.45) is -1.35. The Labute approximate surface area is 90.4 Å². The van der Waals surface area contributed by atoms with Crippen LogP contribution in [0.25, 0.3) is 0 Å². The molecule has 0 aromatic heterocycles. The molecule has 15 heavy (non-hydrogen) atoms. The number of hydrogen-bond donors (Lipinski definition) is 1. The highest BCUT2D eigenvalue weighted by atomic mass is 35.5. The first-order chi connectivity index (χ1) is 6.87. The lowest BCUT2D eigenvalue weighted by Crippen LogP contribution is -2.40. The van der Waals surface area contributed by atoms with E-state index in [0.29, 0.717) is 0 Å². The summed E-state index contributed by atoms with van der Waals surface area (Å²) < 4.78 is 26.0. The summed E-state index contributed by atoms with van der Waals surface area (Å²) in [7, 11) is 0. The Morgan fingerprint density at radius 1 is 1.40 bits per heavy atom. The second-order valence-corrected chi connectivity index (χ2v) is 4.02. The number of rotatable bonds is 3. The molecule has 1 N–H and O–H groups in total. The largest absolute Gasteiger partial charge is 0.481 e. The quantitative estimate of drug-likeness (QED) is 0.767. The number of carbonyl (C=O) groups is 2. The molecule has 1 fully saturated rings. The minimum Gasteiger partial charge on any atom is -0.481 e. The standard InChI is InChI=1S/C9H11ClF2O3/c10-4-7(13)6-3-9(11,12)2-1-5(6)8(14)15/h5-6H,1-4H2,(H,14,15). The summed E-state index contributed by atoms with van der Waals surface area (Å²) in [5.41, 5.74) is 0. The van der Waals surface area contributed by atoms with Crippen LogP contribution in [0.1, 0.15) is 19.3 Å². The molecule has 0 aromatic rings. The molecule has 0 radical (unpaired) electrons. The number of carboxylic acid groups (broad SMARTS) is 1. The molecular formula is C9H11ClF2O3. The first-order valence-electron chi connectivity index (χ1n) is 4.56. The zero-order chi connectivity index (χ0) is 11.6. The highest BCUT2D eigenvalue weighted by molar-refractivity contribution is 6.28. The molecule has 0 bridgehead atoms. The average molecular weight is 241 g/mol. The molecule has 2 unspecified atom stereocenters. The lowest BCUT2D eigenvalue weighted by atomic mass is 9.75. The maximum absolute atomic E-state index is 13.0. The Morgan fingerprint density at radius 2 is 2.00 bits per heavy atom. The molecule has 3 nitrogen and oxygen atoms in total. The lowest BCUT2D eigenvalue weighted by Gasteiger charge is -2.32. The fraction of sp³-hybridized carbons (Fsp3) is 0.778. The first kappa shape index (κ1) is 12.4. The SMILES string of the molecule is O=C(O)C1CCC(F)(F)CC1C(=O)CCl. The minimum absolute atomic E-state index is 0.171. The van der Waals surface area contributed by atoms with Crippen molar-refractivity contribution in [3.8, 4) is 0 Å². The van der Waals surface area contributed by atoms with Gasteiger partial charge < -0.3 is 5.11 Å². The third-order valence-corrected chi connectivity index (χ3v) is 2.95. The van der Waals surface area contributed by atoms with Crippen LogP contribution in [0.2, 0.25) is 0 Å². The van der Waals surface area contributed by atoms with Crippen LogP contribution in [0, 0.1) is 11.8 Å². The van der Waals surface area contributed by atoms with Gasteiger partial charge in [0.2, 0.25) is 5.92 Å². The number of Topliss-reactive ketones (excluding diaryl/α,β-unsaturated/α-hetero) is 1. The second-order valence-electron chi connectivity index (χ2n) is 3.75. The van der Waals surface area contributed by atoms with E-state index < -0.39 is 48.2 Å². The maximum atomic E-state index is 13.0. The van der Waals surface area contributed by atoms with Gasteiger partial charge in [0.25, 0.3) is 0 Å². The van der Waals surface area contributed by atoms with Crippen molar-refractivity contribution in [2.24, 2.45) is 11.8 Å². The van der Waals surface area contributed by atoms with Crippen LogP contribution in [-0.4, -0.2) is 28.7 Å². The van der Waals surface area contributed by atoms with Gasteiger partial charge in [-0.1, -0.05) is 0 Å².